The van der Waals surface area contributed by atoms with Crippen molar-refractivity contribution in [1.29, 1.82) is 0 Å². The van der Waals surface area contributed by atoms with E-state index in [0.29, 0.717) is 19.7 Å². The van der Waals surface area contributed by atoms with E-state index in [0.717, 1.165) is 0 Å². The molecular weight excluding hydrogens is 150 g/mol. The van der Waals surface area contributed by atoms with E-state index in [1.807, 2.05) is 0 Å². The molecule has 10 heavy (non-hydrogen) atoms. The van der Waals surface area contributed by atoms with Crippen LogP contribution in [0.4, 0.5) is 0 Å². The smallest absolute Gasteiger partial charge is 0.219 e. The highest BCUT2D eigenvalue weighted by atomic mass is 32.1. The van der Waals surface area contributed by atoms with Crippen LogP contribution in [0.2, 0.25) is 0 Å². The van der Waals surface area contributed by atoms with Crippen molar-refractivity contribution in [3.63, 3.8) is 0 Å². The molecule has 0 spiro atoms. The summed E-state index contributed by atoms with van der Waals surface area (Å²) < 4.78 is 5.13. The number of hydrogen-bond acceptors (Lipinski definition) is 3. The first kappa shape index (κ1) is 7.88. The highest BCUT2D eigenvalue weighted by molar-refractivity contribution is 7.80. The lowest BCUT2D eigenvalue weighted by atomic mass is 10.4. The van der Waals surface area contributed by atoms with Crippen molar-refractivity contribution in [3.05, 3.63) is 0 Å². The van der Waals surface area contributed by atoms with Gasteiger partial charge in [0.05, 0.1) is 13.2 Å². The van der Waals surface area contributed by atoms with E-state index in [-0.39, 0.29) is 11.3 Å². The summed E-state index contributed by atoms with van der Waals surface area (Å²) in [7, 11) is 0. The van der Waals surface area contributed by atoms with E-state index in [1.165, 1.54) is 0 Å². The summed E-state index contributed by atoms with van der Waals surface area (Å²) in [4.78, 5) is 12.5. The number of carbonyl (C=O) groups is 1. The predicted molar refractivity (Wildman–Crippen MR) is 41.0 cm³/mol. The summed E-state index contributed by atoms with van der Waals surface area (Å²) in [6, 6.07) is 0. The fraction of sp³-hybridized carbons (Fsp3) is 0.833. The molecule has 0 radical (unpaired) electrons. The van der Waals surface area contributed by atoms with E-state index in [4.69, 9.17) is 4.74 Å². The van der Waals surface area contributed by atoms with Gasteiger partial charge in [0.25, 0.3) is 0 Å². The monoisotopic (exact) mass is 161 g/mol. The minimum atomic E-state index is -0.0994. The highest BCUT2D eigenvalue weighted by Crippen LogP contribution is 2.07. The molecule has 1 saturated heterocycles. The van der Waals surface area contributed by atoms with Gasteiger partial charge in [0.1, 0.15) is 5.44 Å². The van der Waals surface area contributed by atoms with Crippen LogP contribution < -0.4 is 0 Å². The molecule has 0 bridgehead atoms. The fourth-order valence-corrected chi connectivity index (χ4v) is 1.22. The van der Waals surface area contributed by atoms with Crippen molar-refractivity contribution in [3.8, 4) is 0 Å². The quantitative estimate of drug-likeness (QED) is 0.511. The topological polar surface area (TPSA) is 29.5 Å². The largest absolute Gasteiger partial charge is 0.364 e. The van der Waals surface area contributed by atoms with Crippen molar-refractivity contribution in [2.24, 2.45) is 0 Å². The Labute approximate surface area is 65.7 Å². The van der Waals surface area contributed by atoms with Gasteiger partial charge in [-0.25, -0.2) is 0 Å². The molecule has 1 unspecified atom stereocenters. The first-order valence-corrected chi connectivity index (χ1v) is 3.77. The van der Waals surface area contributed by atoms with Crippen LogP contribution in [0.25, 0.3) is 0 Å². The van der Waals surface area contributed by atoms with Crippen molar-refractivity contribution in [2.75, 3.05) is 19.7 Å². The van der Waals surface area contributed by atoms with Crippen LogP contribution in [0.3, 0.4) is 0 Å². The zero-order chi connectivity index (χ0) is 7.56. The van der Waals surface area contributed by atoms with E-state index < -0.39 is 0 Å². The van der Waals surface area contributed by atoms with Gasteiger partial charge in [0.2, 0.25) is 5.91 Å². The molecule has 58 valence electrons. The Hall–Kier alpha value is -0.220. The van der Waals surface area contributed by atoms with Gasteiger partial charge >= 0.3 is 0 Å². The zero-order valence-electron chi connectivity index (χ0n) is 5.91. The van der Waals surface area contributed by atoms with Gasteiger partial charge in [-0.3, -0.25) is 4.79 Å². The number of morpholine rings is 1. The van der Waals surface area contributed by atoms with Crippen LogP contribution in [0, 0.1) is 0 Å². The van der Waals surface area contributed by atoms with E-state index >= 15 is 0 Å². The molecule has 0 aromatic heterocycles. The minimum absolute atomic E-state index is 0.0994. The summed E-state index contributed by atoms with van der Waals surface area (Å²) in [5.41, 5.74) is -0.0994. The van der Waals surface area contributed by atoms with Crippen LogP contribution in [0.15, 0.2) is 0 Å². The van der Waals surface area contributed by atoms with Gasteiger partial charge in [-0.2, -0.15) is 0 Å². The van der Waals surface area contributed by atoms with E-state index in [1.54, 1.807) is 11.8 Å². The van der Waals surface area contributed by atoms with Crippen molar-refractivity contribution < 1.29 is 9.53 Å². The van der Waals surface area contributed by atoms with Gasteiger partial charge in [-0.15, -0.1) is 12.6 Å². The number of carbonyl (C=O) groups excluding carboxylic acids is 1. The Morgan fingerprint density at radius 2 is 2.50 bits per heavy atom. The highest BCUT2D eigenvalue weighted by Gasteiger charge is 2.18. The molecule has 0 aromatic rings. The second-order valence-electron chi connectivity index (χ2n) is 2.29. The molecule has 1 aliphatic heterocycles. The molecule has 0 aromatic carbocycles. The lowest BCUT2D eigenvalue weighted by Crippen LogP contribution is -2.42. The Bertz CT molecular complexity index is 140. The Balaban J connectivity index is 2.39. The molecule has 1 aliphatic rings. The fourth-order valence-electron chi connectivity index (χ4n) is 0.917. The van der Waals surface area contributed by atoms with Gasteiger partial charge < -0.3 is 9.64 Å². The number of thiol groups is 1. The second-order valence-corrected chi connectivity index (χ2v) is 2.87. The number of amides is 1. The van der Waals surface area contributed by atoms with E-state index in [2.05, 4.69) is 12.6 Å². The SMILES string of the molecule is CC(=O)N1CCOC(S)C1. The maximum Gasteiger partial charge on any atom is 0.219 e. The molecule has 0 N–H and O–H groups in total. The number of nitrogens with zero attached hydrogens (tertiary/aromatic N) is 1. The molecule has 1 amide bonds. The van der Waals surface area contributed by atoms with Crippen molar-refractivity contribution >= 4 is 18.5 Å². The van der Waals surface area contributed by atoms with Gasteiger partial charge in [-0.05, 0) is 0 Å². The van der Waals surface area contributed by atoms with Crippen LogP contribution in [0.5, 0.6) is 0 Å². The van der Waals surface area contributed by atoms with Gasteiger partial charge in [-0.1, -0.05) is 0 Å². The molecule has 1 fully saturated rings. The number of rotatable bonds is 0. The number of ether oxygens (including phenoxy) is 1. The molecule has 0 aliphatic carbocycles. The Kier molecular flexibility index (Phi) is 2.56. The van der Waals surface area contributed by atoms with Crippen molar-refractivity contribution in [2.45, 2.75) is 12.4 Å². The minimum Gasteiger partial charge on any atom is -0.364 e. The van der Waals surface area contributed by atoms with Crippen LogP contribution >= 0.6 is 12.6 Å². The molecule has 1 rings (SSSR count). The molecular formula is C6H11NO2S. The summed E-state index contributed by atoms with van der Waals surface area (Å²) in [6.45, 7) is 3.48. The normalized spacial score (nSPS) is 26.6. The number of hydrogen-bond donors (Lipinski definition) is 1. The molecule has 1 heterocycles. The third-order valence-electron chi connectivity index (χ3n) is 1.49. The molecule has 0 saturated carbocycles. The van der Waals surface area contributed by atoms with Crippen LogP contribution in [-0.4, -0.2) is 35.9 Å². The van der Waals surface area contributed by atoms with Crippen LogP contribution in [-0.2, 0) is 9.53 Å². The summed E-state index contributed by atoms with van der Waals surface area (Å²) in [6.07, 6.45) is 0. The first-order valence-electron chi connectivity index (χ1n) is 3.25. The molecule has 3 nitrogen and oxygen atoms in total. The zero-order valence-corrected chi connectivity index (χ0v) is 6.80. The maximum atomic E-state index is 10.8. The first-order chi connectivity index (χ1) is 4.70. The molecule has 4 heteroatoms. The summed E-state index contributed by atoms with van der Waals surface area (Å²) in [5.74, 6) is 0.0994. The average molecular weight is 161 g/mol. The summed E-state index contributed by atoms with van der Waals surface area (Å²) >= 11 is 4.10. The van der Waals surface area contributed by atoms with Crippen molar-refractivity contribution in [1.82, 2.24) is 4.90 Å². The Morgan fingerprint density at radius 1 is 1.80 bits per heavy atom. The lowest BCUT2D eigenvalue weighted by molar-refractivity contribution is -0.133. The van der Waals surface area contributed by atoms with Crippen LogP contribution in [0.1, 0.15) is 6.92 Å². The lowest BCUT2D eigenvalue weighted by Gasteiger charge is -2.29. The predicted octanol–water partition coefficient (Wildman–Crippen LogP) is 0.121. The van der Waals surface area contributed by atoms with Gasteiger partial charge in [0.15, 0.2) is 0 Å². The molecule has 1 atom stereocenters. The Morgan fingerprint density at radius 3 is 2.90 bits per heavy atom. The summed E-state index contributed by atoms with van der Waals surface area (Å²) in [5, 5.41) is 0. The van der Waals surface area contributed by atoms with E-state index in [9.17, 15) is 4.79 Å². The van der Waals surface area contributed by atoms with Gasteiger partial charge in [0, 0.05) is 13.5 Å². The third kappa shape index (κ3) is 1.88. The second kappa shape index (κ2) is 3.25. The average Bonchev–Trinajstić information content (AvgIpc) is 1.88. The third-order valence-corrected chi connectivity index (χ3v) is 1.81. The maximum absolute atomic E-state index is 10.8. The standard InChI is InChI=1S/C6H11NO2S/c1-5(8)7-2-3-9-6(10)4-7/h6,10H,2-4H2,1H3.